The average Bonchev–Trinajstić information content (AvgIpc) is 2.54. The Hall–Kier alpha value is -2.82. The number of anilines is 1. The van der Waals surface area contributed by atoms with Crippen molar-refractivity contribution in [2.24, 2.45) is 0 Å². The number of methoxy groups -OCH3 is 2. The number of hydrogen-bond acceptors (Lipinski definition) is 5. The number of rotatable bonds is 3. The molecule has 0 aliphatic heterocycles. The molecule has 0 unspecified atom stereocenters. The lowest BCUT2D eigenvalue weighted by atomic mass is 10.1. The molecule has 0 saturated carbocycles. The number of aryl methyl sites for hydroxylation is 1. The molecule has 22 heavy (non-hydrogen) atoms. The van der Waals surface area contributed by atoms with Crippen molar-refractivity contribution in [2.45, 2.75) is 6.92 Å². The highest BCUT2D eigenvalue weighted by atomic mass is 16.5. The van der Waals surface area contributed by atoms with Crippen LogP contribution >= 0.6 is 0 Å². The number of nitrogens with two attached hydrogens (primary N) is 1. The number of pyridine rings is 2. The summed E-state index contributed by atoms with van der Waals surface area (Å²) in [5, 5.41) is 1.86. The Kier molecular flexibility index (Phi) is 3.55. The largest absolute Gasteiger partial charge is 0.497 e. The van der Waals surface area contributed by atoms with Gasteiger partial charge < -0.3 is 15.2 Å². The third kappa shape index (κ3) is 2.53. The first-order chi connectivity index (χ1) is 10.6. The number of aromatic nitrogens is 2. The lowest BCUT2D eigenvalue weighted by Gasteiger charge is -2.10. The number of ether oxygens (including phenoxy) is 2. The average molecular weight is 295 g/mol. The number of nitrogens with zero attached hydrogens (tertiary/aromatic N) is 2. The molecule has 0 aliphatic carbocycles. The van der Waals surface area contributed by atoms with Crippen molar-refractivity contribution in [3.8, 4) is 22.8 Å². The normalized spacial score (nSPS) is 10.7. The summed E-state index contributed by atoms with van der Waals surface area (Å²) < 4.78 is 10.6. The molecule has 3 rings (SSSR count). The van der Waals surface area contributed by atoms with E-state index in [1.165, 1.54) is 0 Å². The number of benzene rings is 1. The van der Waals surface area contributed by atoms with E-state index in [1.807, 2.05) is 43.5 Å². The van der Waals surface area contributed by atoms with Crippen LogP contribution in [0.25, 0.3) is 22.0 Å². The maximum absolute atomic E-state index is 6.10. The van der Waals surface area contributed by atoms with Crippen molar-refractivity contribution in [2.75, 3.05) is 20.0 Å². The van der Waals surface area contributed by atoms with Gasteiger partial charge in [-0.1, -0.05) is 0 Å². The van der Waals surface area contributed by atoms with Gasteiger partial charge in [-0.05, 0) is 31.2 Å². The third-order valence-corrected chi connectivity index (χ3v) is 3.53. The lowest BCUT2D eigenvalue weighted by Crippen LogP contribution is -1.96. The summed E-state index contributed by atoms with van der Waals surface area (Å²) in [6.45, 7) is 1.93. The van der Waals surface area contributed by atoms with Crippen LogP contribution < -0.4 is 15.2 Å². The Balaban J connectivity index is 2.20. The van der Waals surface area contributed by atoms with Crippen LogP contribution in [0.4, 0.5) is 5.82 Å². The van der Waals surface area contributed by atoms with Gasteiger partial charge in [-0.3, -0.25) is 4.98 Å². The van der Waals surface area contributed by atoms with E-state index in [1.54, 1.807) is 14.2 Å². The first-order valence-corrected chi connectivity index (χ1v) is 6.87. The minimum atomic E-state index is 0.486. The second kappa shape index (κ2) is 5.52. The number of nitrogen functional groups attached to an aromatic ring is 1. The van der Waals surface area contributed by atoms with E-state index in [2.05, 4.69) is 9.97 Å². The molecule has 1 aromatic carbocycles. The van der Waals surface area contributed by atoms with Crippen molar-refractivity contribution < 1.29 is 9.47 Å². The van der Waals surface area contributed by atoms with Gasteiger partial charge in [0.1, 0.15) is 17.3 Å². The molecular formula is C17H17N3O2. The molecule has 0 bridgehead atoms. The van der Waals surface area contributed by atoms with E-state index in [0.717, 1.165) is 27.7 Å². The molecule has 0 saturated heterocycles. The van der Waals surface area contributed by atoms with Gasteiger partial charge in [-0.25, -0.2) is 4.98 Å². The van der Waals surface area contributed by atoms with E-state index in [9.17, 15) is 0 Å². The molecule has 0 amide bonds. The van der Waals surface area contributed by atoms with E-state index in [4.69, 9.17) is 15.2 Å². The summed E-state index contributed by atoms with van der Waals surface area (Å²) in [7, 11) is 3.24. The lowest BCUT2D eigenvalue weighted by molar-refractivity contribution is 0.394. The highest BCUT2D eigenvalue weighted by Gasteiger charge is 2.09. The SMILES string of the molecule is COc1cc(OC)cc(-c2cc3cnc(C)cc3c(N)n2)c1. The zero-order valence-corrected chi connectivity index (χ0v) is 12.8. The van der Waals surface area contributed by atoms with Crippen LogP contribution in [0.1, 0.15) is 5.69 Å². The maximum atomic E-state index is 6.10. The van der Waals surface area contributed by atoms with Crippen LogP contribution in [0.5, 0.6) is 11.5 Å². The van der Waals surface area contributed by atoms with Gasteiger partial charge in [0.25, 0.3) is 0 Å². The molecule has 2 N–H and O–H groups in total. The summed E-state index contributed by atoms with van der Waals surface area (Å²) in [6, 6.07) is 9.52. The first kappa shape index (κ1) is 14.1. The molecule has 5 heteroatoms. The van der Waals surface area contributed by atoms with Gasteiger partial charge in [0, 0.05) is 34.3 Å². The van der Waals surface area contributed by atoms with E-state index >= 15 is 0 Å². The van der Waals surface area contributed by atoms with Crippen LogP contribution in [0.2, 0.25) is 0 Å². The van der Waals surface area contributed by atoms with Gasteiger partial charge in [0.05, 0.1) is 19.9 Å². The van der Waals surface area contributed by atoms with Gasteiger partial charge in [0.2, 0.25) is 0 Å². The summed E-state index contributed by atoms with van der Waals surface area (Å²) in [6.07, 6.45) is 1.81. The first-order valence-electron chi connectivity index (χ1n) is 6.87. The number of fused-ring (bicyclic) bond motifs is 1. The minimum Gasteiger partial charge on any atom is -0.497 e. The maximum Gasteiger partial charge on any atom is 0.132 e. The van der Waals surface area contributed by atoms with Gasteiger partial charge in [-0.15, -0.1) is 0 Å². The molecule has 3 aromatic rings. The summed E-state index contributed by atoms with van der Waals surface area (Å²) in [5.41, 5.74) is 8.65. The van der Waals surface area contributed by atoms with Crippen LogP contribution in [-0.2, 0) is 0 Å². The molecule has 0 aliphatic rings. The van der Waals surface area contributed by atoms with Crippen LogP contribution in [-0.4, -0.2) is 24.2 Å². The molecular weight excluding hydrogens is 278 g/mol. The van der Waals surface area contributed by atoms with Crippen LogP contribution in [0.15, 0.2) is 36.5 Å². The highest BCUT2D eigenvalue weighted by Crippen LogP contribution is 2.31. The second-order valence-corrected chi connectivity index (χ2v) is 5.04. The number of hydrogen-bond donors (Lipinski definition) is 1. The predicted molar refractivity (Wildman–Crippen MR) is 87.2 cm³/mol. The Morgan fingerprint density at radius 3 is 2.27 bits per heavy atom. The van der Waals surface area contributed by atoms with Crippen molar-refractivity contribution in [1.82, 2.24) is 9.97 Å². The molecule has 0 spiro atoms. The van der Waals surface area contributed by atoms with Crippen molar-refractivity contribution in [3.63, 3.8) is 0 Å². The summed E-state index contributed by atoms with van der Waals surface area (Å²) >= 11 is 0. The molecule has 112 valence electrons. The Morgan fingerprint density at radius 2 is 1.64 bits per heavy atom. The molecule has 2 aromatic heterocycles. The minimum absolute atomic E-state index is 0.486. The fourth-order valence-corrected chi connectivity index (χ4v) is 2.38. The van der Waals surface area contributed by atoms with E-state index in [0.29, 0.717) is 17.3 Å². The summed E-state index contributed by atoms with van der Waals surface area (Å²) in [4.78, 5) is 8.82. The van der Waals surface area contributed by atoms with E-state index < -0.39 is 0 Å². The zero-order chi connectivity index (χ0) is 15.7. The Bertz CT molecular complexity index is 824. The predicted octanol–water partition coefficient (Wildman–Crippen LogP) is 3.20. The van der Waals surface area contributed by atoms with Crippen LogP contribution in [0.3, 0.4) is 0 Å². The Morgan fingerprint density at radius 1 is 0.955 bits per heavy atom. The molecule has 0 atom stereocenters. The van der Waals surface area contributed by atoms with Gasteiger partial charge in [-0.2, -0.15) is 0 Å². The van der Waals surface area contributed by atoms with Gasteiger partial charge >= 0.3 is 0 Å². The van der Waals surface area contributed by atoms with Gasteiger partial charge in [0.15, 0.2) is 0 Å². The molecule has 5 nitrogen and oxygen atoms in total. The fourth-order valence-electron chi connectivity index (χ4n) is 2.38. The molecule has 0 radical (unpaired) electrons. The molecule has 2 heterocycles. The fraction of sp³-hybridized carbons (Fsp3) is 0.176. The van der Waals surface area contributed by atoms with Crippen LogP contribution in [0, 0.1) is 6.92 Å². The van der Waals surface area contributed by atoms with E-state index in [-0.39, 0.29) is 0 Å². The monoisotopic (exact) mass is 295 g/mol. The topological polar surface area (TPSA) is 70.3 Å². The molecule has 0 fully saturated rings. The van der Waals surface area contributed by atoms with Crippen molar-refractivity contribution in [1.29, 1.82) is 0 Å². The van der Waals surface area contributed by atoms with Crippen molar-refractivity contribution in [3.05, 3.63) is 42.2 Å². The third-order valence-electron chi connectivity index (χ3n) is 3.53. The smallest absolute Gasteiger partial charge is 0.132 e. The quantitative estimate of drug-likeness (QED) is 0.803. The highest BCUT2D eigenvalue weighted by molar-refractivity contribution is 5.93. The standard InChI is InChI=1S/C17H17N3O2/c1-10-4-15-12(9-19-10)7-16(20-17(15)18)11-5-13(21-2)8-14(6-11)22-3/h4-9H,1-3H3,(H2,18,20). The van der Waals surface area contributed by atoms with Crippen molar-refractivity contribution >= 4 is 16.6 Å². The Labute approximate surface area is 128 Å². The zero-order valence-electron chi connectivity index (χ0n) is 12.8. The summed E-state index contributed by atoms with van der Waals surface area (Å²) in [5.74, 6) is 1.90. The second-order valence-electron chi connectivity index (χ2n) is 5.04.